The zero-order chi connectivity index (χ0) is 21.3. The van der Waals surface area contributed by atoms with Gasteiger partial charge in [0.15, 0.2) is 6.61 Å². The monoisotopic (exact) mass is 424 g/mol. The second-order valence-corrected chi connectivity index (χ2v) is 7.17. The van der Waals surface area contributed by atoms with E-state index in [1.54, 1.807) is 6.07 Å². The molecule has 0 fully saturated rings. The summed E-state index contributed by atoms with van der Waals surface area (Å²) in [5.41, 5.74) is 3.65. The third-order valence-electron chi connectivity index (χ3n) is 4.39. The van der Waals surface area contributed by atoms with Gasteiger partial charge in [-0.1, -0.05) is 29.8 Å². The van der Waals surface area contributed by atoms with Crippen LogP contribution in [0.15, 0.2) is 66.7 Å². The van der Waals surface area contributed by atoms with Gasteiger partial charge in [0.05, 0.1) is 6.61 Å². The van der Waals surface area contributed by atoms with Crippen molar-refractivity contribution in [1.29, 1.82) is 0 Å². The Morgan fingerprint density at radius 1 is 0.933 bits per heavy atom. The van der Waals surface area contributed by atoms with Gasteiger partial charge in [-0.3, -0.25) is 4.79 Å². The maximum absolute atomic E-state index is 12.1. The Morgan fingerprint density at radius 2 is 1.70 bits per heavy atom. The largest absolute Gasteiger partial charge is 0.494 e. The topological polar surface area (TPSA) is 59.6 Å². The molecule has 0 aromatic heterocycles. The SMILES string of the molecule is CCOc1ccc(NCc2cccc(OCC(=O)Nc3ccc(C)c(Cl)c3)c2)cc1. The second kappa shape index (κ2) is 10.6. The van der Waals surface area contributed by atoms with E-state index in [-0.39, 0.29) is 12.5 Å². The number of anilines is 2. The molecule has 0 spiro atoms. The van der Waals surface area contributed by atoms with Gasteiger partial charge < -0.3 is 20.1 Å². The van der Waals surface area contributed by atoms with Gasteiger partial charge >= 0.3 is 0 Å². The number of hydrogen-bond donors (Lipinski definition) is 2. The molecule has 0 heterocycles. The van der Waals surface area contributed by atoms with E-state index in [1.165, 1.54) is 0 Å². The first-order valence-electron chi connectivity index (χ1n) is 9.78. The first-order valence-corrected chi connectivity index (χ1v) is 10.2. The van der Waals surface area contributed by atoms with Crippen LogP contribution in [0.5, 0.6) is 11.5 Å². The molecule has 6 heteroatoms. The highest BCUT2D eigenvalue weighted by Crippen LogP contribution is 2.20. The van der Waals surface area contributed by atoms with Crippen molar-refractivity contribution in [3.63, 3.8) is 0 Å². The fraction of sp³-hybridized carbons (Fsp3) is 0.208. The third-order valence-corrected chi connectivity index (χ3v) is 4.79. The molecule has 1 amide bonds. The minimum atomic E-state index is -0.243. The smallest absolute Gasteiger partial charge is 0.262 e. The average molecular weight is 425 g/mol. The molecule has 3 rings (SSSR count). The van der Waals surface area contributed by atoms with Gasteiger partial charge in [0, 0.05) is 22.9 Å². The zero-order valence-corrected chi connectivity index (χ0v) is 17.8. The van der Waals surface area contributed by atoms with Crippen LogP contribution in [0.1, 0.15) is 18.1 Å². The zero-order valence-electron chi connectivity index (χ0n) is 17.1. The summed E-state index contributed by atoms with van der Waals surface area (Å²) in [4.78, 5) is 12.1. The van der Waals surface area contributed by atoms with Gasteiger partial charge in [-0.2, -0.15) is 0 Å². The second-order valence-electron chi connectivity index (χ2n) is 6.76. The molecule has 0 atom stereocenters. The fourth-order valence-electron chi connectivity index (χ4n) is 2.80. The molecular weight excluding hydrogens is 400 g/mol. The lowest BCUT2D eigenvalue weighted by Gasteiger charge is -2.11. The number of halogens is 1. The van der Waals surface area contributed by atoms with Crippen LogP contribution in [0.4, 0.5) is 11.4 Å². The molecular formula is C24H25ClN2O3. The van der Waals surface area contributed by atoms with Crippen molar-refractivity contribution < 1.29 is 14.3 Å². The number of hydrogen-bond acceptors (Lipinski definition) is 4. The van der Waals surface area contributed by atoms with Gasteiger partial charge in [-0.25, -0.2) is 0 Å². The summed E-state index contributed by atoms with van der Waals surface area (Å²) in [6.07, 6.45) is 0. The number of aryl methyl sites for hydroxylation is 1. The van der Waals surface area contributed by atoms with Crippen LogP contribution in [0.25, 0.3) is 0 Å². The fourth-order valence-corrected chi connectivity index (χ4v) is 2.98. The number of carbonyl (C=O) groups excluding carboxylic acids is 1. The van der Waals surface area contributed by atoms with E-state index in [4.69, 9.17) is 21.1 Å². The molecule has 3 aromatic carbocycles. The van der Waals surface area contributed by atoms with E-state index in [2.05, 4.69) is 10.6 Å². The summed E-state index contributed by atoms with van der Waals surface area (Å²) in [6, 6.07) is 20.9. The average Bonchev–Trinajstić information content (AvgIpc) is 2.75. The molecule has 0 saturated carbocycles. The molecule has 0 aliphatic rings. The molecule has 156 valence electrons. The first kappa shape index (κ1) is 21.5. The van der Waals surface area contributed by atoms with E-state index in [0.29, 0.717) is 29.6 Å². The minimum Gasteiger partial charge on any atom is -0.494 e. The Labute approximate surface area is 182 Å². The Bertz CT molecular complexity index is 990. The van der Waals surface area contributed by atoms with Crippen molar-refractivity contribution in [3.05, 3.63) is 82.9 Å². The van der Waals surface area contributed by atoms with Crippen molar-refractivity contribution >= 4 is 28.9 Å². The normalized spacial score (nSPS) is 10.4. The lowest BCUT2D eigenvalue weighted by molar-refractivity contribution is -0.118. The standard InChI is InChI=1S/C24H25ClN2O3/c1-3-29-21-11-9-19(10-12-21)26-15-18-5-4-6-22(13-18)30-16-24(28)27-20-8-7-17(2)23(25)14-20/h4-14,26H,3,15-16H2,1-2H3,(H,27,28). The molecule has 0 bridgehead atoms. The van der Waals surface area contributed by atoms with Crippen molar-refractivity contribution in [3.8, 4) is 11.5 Å². The molecule has 3 aromatic rings. The van der Waals surface area contributed by atoms with Crippen molar-refractivity contribution in [2.75, 3.05) is 23.8 Å². The number of nitrogens with one attached hydrogen (secondary N) is 2. The summed E-state index contributed by atoms with van der Waals surface area (Å²) in [7, 11) is 0. The maximum atomic E-state index is 12.1. The highest BCUT2D eigenvalue weighted by Gasteiger charge is 2.06. The van der Waals surface area contributed by atoms with E-state index in [0.717, 1.165) is 22.6 Å². The van der Waals surface area contributed by atoms with Crippen LogP contribution < -0.4 is 20.1 Å². The Kier molecular flexibility index (Phi) is 7.57. The molecule has 0 aliphatic heterocycles. The van der Waals surface area contributed by atoms with E-state index >= 15 is 0 Å². The highest BCUT2D eigenvalue weighted by atomic mass is 35.5. The molecule has 5 nitrogen and oxygen atoms in total. The van der Waals surface area contributed by atoms with Crippen LogP contribution in [0.2, 0.25) is 5.02 Å². The summed E-state index contributed by atoms with van der Waals surface area (Å²) >= 11 is 6.09. The Hall–Kier alpha value is -3.18. The van der Waals surface area contributed by atoms with Gasteiger partial charge in [0.2, 0.25) is 0 Å². The van der Waals surface area contributed by atoms with Crippen LogP contribution in [-0.2, 0) is 11.3 Å². The van der Waals surface area contributed by atoms with Gasteiger partial charge in [-0.15, -0.1) is 0 Å². The van der Waals surface area contributed by atoms with E-state index in [9.17, 15) is 4.79 Å². The number of amides is 1. The predicted octanol–water partition coefficient (Wildman–Crippen LogP) is 5.68. The lowest BCUT2D eigenvalue weighted by atomic mass is 10.2. The van der Waals surface area contributed by atoms with Crippen LogP contribution >= 0.6 is 11.6 Å². The van der Waals surface area contributed by atoms with Gasteiger partial charge in [-0.05, 0) is 73.5 Å². The minimum absolute atomic E-state index is 0.0821. The van der Waals surface area contributed by atoms with Gasteiger partial charge in [0.25, 0.3) is 5.91 Å². The number of benzene rings is 3. The molecule has 0 radical (unpaired) electrons. The third kappa shape index (κ3) is 6.42. The summed E-state index contributed by atoms with van der Waals surface area (Å²) < 4.78 is 11.1. The molecule has 30 heavy (non-hydrogen) atoms. The Balaban J connectivity index is 1.49. The molecule has 2 N–H and O–H groups in total. The molecule has 0 unspecified atom stereocenters. The van der Waals surface area contributed by atoms with Crippen LogP contribution in [-0.4, -0.2) is 19.1 Å². The van der Waals surface area contributed by atoms with E-state index < -0.39 is 0 Å². The number of carbonyl (C=O) groups is 1. The first-order chi connectivity index (χ1) is 14.5. The lowest BCUT2D eigenvalue weighted by Crippen LogP contribution is -2.20. The summed E-state index contributed by atoms with van der Waals surface area (Å²) in [5.74, 6) is 1.25. The van der Waals surface area contributed by atoms with Crippen molar-refractivity contribution in [2.45, 2.75) is 20.4 Å². The van der Waals surface area contributed by atoms with Gasteiger partial charge in [0.1, 0.15) is 11.5 Å². The Morgan fingerprint density at radius 3 is 2.43 bits per heavy atom. The maximum Gasteiger partial charge on any atom is 0.262 e. The van der Waals surface area contributed by atoms with Crippen molar-refractivity contribution in [1.82, 2.24) is 0 Å². The van der Waals surface area contributed by atoms with Crippen LogP contribution in [0.3, 0.4) is 0 Å². The van der Waals surface area contributed by atoms with Crippen LogP contribution in [0, 0.1) is 6.92 Å². The number of ether oxygens (including phenoxy) is 2. The predicted molar refractivity (Wildman–Crippen MR) is 122 cm³/mol. The highest BCUT2D eigenvalue weighted by molar-refractivity contribution is 6.31. The van der Waals surface area contributed by atoms with E-state index in [1.807, 2.05) is 74.5 Å². The molecule has 0 saturated heterocycles. The molecule has 0 aliphatic carbocycles. The summed E-state index contributed by atoms with van der Waals surface area (Å²) in [6.45, 7) is 5.08. The van der Waals surface area contributed by atoms with Crippen molar-refractivity contribution in [2.24, 2.45) is 0 Å². The quantitative estimate of drug-likeness (QED) is 0.464. The summed E-state index contributed by atoms with van der Waals surface area (Å²) in [5, 5.41) is 6.76. The number of rotatable bonds is 9.